The Kier molecular flexibility index (Phi) is 15.9. The van der Waals surface area contributed by atoms with Crippen molar-refractivity contribution in [2.45, 2.75) is 13.2 Å². The molecule has 5 aromatic carbocycles. The average Bonchev–Trinajstić information content (AvgIpc) is 3.13. The van der Waals surface area contributed by atoms with Crippen molar-refractivity contribution in [3.8, 4) is 34.5 Å². The molecule has 0 amide bonds. The predicted molar refractivity (Wildman–Crippen MR) is 183 cm³/mol. The van der Waals surface area contributed by atoms with Crippen molar-refractivity contribution >= 4 is 23.6 Å². The van der Waals surface area contributed by atoms with Gasteiger partial charge in [0, 0.05) is 23.3 Å². The van der Waals surface area contributed by atoms with Gasteiger partial charge in [0.2, 0.25) is 6.29 Å². The molecule has 12 nitrogen and oxygen atoms in total. The highest BCUT2D eigenvalue weighted by Crippen LogP contribution is 2.27. The second kappa shape index (κ2) is 20.0. The normalized spacial score (nSPS) is 9.72. The number of rotatable bonds is 8. The Morgan fingerprint density at radius 2 is 0.980 bits per heavy atom. The van der Waals surface area contributed by atoms with Crippen LogP contribution in [-0.4, -0.2) is 74.8 Å². The van der Waals surface area contributed by atoms with E-state index >= 15 is 0 Å². The third kappa shape index (κ3) is 12.3. The van der Waals surface area contributed by atoms with E-state index in [0.717, 1.165) is 6.92 Å². The van der Waals surface area contributed by atoms with Crippen LogP contribution in [0, 0.1) is 0 Å². The van der Waals surface area contributed by atoms with Gasteiger partial charge in [0.1, 0.15) is 34.5 Å². The summed E-state index contributed by atoms with van der Waals surface area (Å²) in [5, 5.41) is 52.9. The van der Waals surface area contributed by atoms with Gasteiger partial charge in [0.15, 0.2) is 23.6 Å². The second-order valence-electron chi connectivity index (χ2n) is 10.0. The minimum Gasteiger partial charge on any atom is -0.508 e. The maximum absolute atomic E-state index is 12.1. The van der Waals surface area contributed by atoms with Gasteiger partial charge in [-0.3, -0.25) is 19.2 Å². The monoisotopic (exact) mass is 684 g/mol. The summed E-state index contributed by atoms with van der Waals surface area (Å²) < 4.78 is 9.93. The summed E-state index contributed by atoms with van der Waals surface area (Å²) in [5.74, 6) is -0.283. The average molecular weight is 685 g/mol. The molecule has 0 radical (unpaired) electrons. The topological polar surface area (TPSA) is 208 Å². The van der Waals surface area contributed by atoms with E-state index < -0.39 is 12.1 Å². The molecule has 6 N–H and O–H groups in total. The first-order chi connectivity index (χ1) is 23.8. The number of hydrogen-bond donors (Lipinski definition) is 6. The molecule has 0 aliphatic heterocycles. The Labute approximate surface area is 287 Å². The largest absolute Gasteiger partial charge is 0.508 e. The van der Waals surface area contributed by atoms with E-state index in [1.54, 1.807) is 72.8 Å². The lowest BCUT2D eigenvalue weighted by Crippen LogP contribution is -2.14. The quantitative estimate of drug-likeness (QED) is 0.0549. The lowest BCUT2D eigenvalue weighted by atomic mass is 10.0. The molecule has 50 heavy (non-hydrogen) atoms. The fourth-order valence-electron chi connectivity index (χ4n) is 3.79. The Morgan fingerprint density at radius 1 is 0.580 bits per heavy atom. The van der Waals surface area contributed by atoms with Crippen LogP contribution in [0.15, 0.2) is 115 Å². The number of aliphatic hydroxyl groups is 2. The summed E-state index contributed by atoms with van der Waals surface area (Å²) in [4.78, 5) is 43.9. The Morgan fingerprint density at radius 3 is 1.28 bits per heavy atom. The molecule has 0 saturated carbocycles. The van der Waals surface area contributed by atoms with Gasteiger partial charge in [-0.1, -0.05) is 60.7 Å². The van der Waals surface area contributed by atoms with E-state index in [4.69, 9.17) is 29.9 Å². The highest BCUT2D eigenvalue weighted by molar-refractivity contribution is 6.11. The summed E-state index contributed by atoms with van der Waals surface area (Å²) in [5.41, 5.74) is 1.75. The molecule has 0 fully saturated rings. The Bertz CT molecular complexity index is 1770. The van der Waals surface area contributed by atoms with Crippen molar-refractivity contribution in [3.63, 3.8) is 0 Å². The number of phenolic OH excluding ortho intramolecular Hbond substituents is 4. The minimum atomic E-state index is -1.79. The molecule has 0 unspecified atom stereocenters. The molecular weight excluding hydrogens is 648 g/mol. The van der Waals surface area contributed by atoms with Crippen LogP contribution in [0.25, 0.3) is 0 Å². The smallest absolute Gasteiger partial charge is 0.212 e. The molecule has 260 valence electrons. The summed E-state index contributed by atoms with van der Waals surface area (Å²) in [6.45, 7) is 1.10. The third-order valence-electron chi connectivity index (χ3n) is 6.47. The molecule has 0 aliphatic rings. The minimum absolute atomic E-state index is 0.0279. The summed E-state index contributed by atoms with van der Waals surface area (Å²) >= 11 is 0. The van der Waals surface area contributed by atoms with E-state index in [9.17, 15) is 29.4 Å². The lowest BCUT2D eigenvalue weighted by Gasteiger charge is -2.06. The van der Waals surface area contributed by atoms with Crippen molar-refractivity contribution in [2.24, 2.45) is 0 Å². The third-order valence-corrected chi connectivity index (χ3v) is 6.47. The number of benzene rings is 5. The van der Waals surface area contributed by atoms with Crippen LogP contribution >= 0.6 is 0 Å². The van der Waals surface area contributed by atoms with Crippen LogP contribution in [0.4, 0.5) is 0 Å². The number of ether oxygens (including phenoxy) is 2. The fraction of sp³-hybridized carbons (Fsp3) is 0.105. The van der Waals surface area contributed by atoms with Crippen LogP contribution < -0.4 is 9.47 Å². The van der Waals surface area contributed by atoms with Gasteiger partial charge in [-0.2, -0.15) is 0 Å². The van der Waals surface area contributed by atoms with Crippen LogP contribution in [-0.2, 0) is 4.79 Å². The maximum Gasteiger partial charge on any atom is 0.212 e. The summed E-state index contributed by atoms with van der Waals surface area (Å²) in [7, 11) is 3.01. The molecule has 5 rings (SSSR count). The zero-order valence-corrected chi connectivity index (χ0v) is 27.3. The summed E-state index contributed by atoms with van der Waals surface area (Å²) in [6.07, 6.45) is -1.31. The van der Waals surface area contributed by atoms with E-state index in [1.807, 2.05) is 12.1 Å². The Hall–Kier alpha value is -6.50. The number of Topliss-reactive ketones (excluding diaryl/α,β-unsaturated/α-hetero) is 1. The van der Waals surface area contributed by atoms with Gasteiger partial charge in [0.05, 0.1) is 30.9 Å². The predicted octanol–water partition coefficient (Wildman–Crippen LogP) is 5.06. The van der Waals surface area contributed by atoms with Crippen molar-refractivity contribution in [2.75, 3.05) is 14.2 Å². The first-order valence-electron chi connectivity index (χ1n) is 14.6. The molecule has 0 saturated heterocycles. The summed E-state index contributed by atoms with van der Waals surface area (Å²) in [6, 6.07) is 30.7. The second-order valence-corrected chi connectivity index (χ2v) is 10.0. The molecule has 0 bridgehead atoms. The van der Waals surface area contributed by atoms with Gasteiger partial charge >= 0.3 is 0 Å². The van der Waals surface area contributed by atoms with Crippen molar-refractivity contribution in [3.05, 3.63) is 143 Å². The van der Waals surface area contributed by atoms with Gasteiger partial charge in [-0.15, -0.1) is 0 Å². The van der Waals surface area contributed by atoms with Gasteiger partial charge in [0.25, 0.3) is 0 Å². The molecule has 0 aliphatic carbocycles. The highest BCUT2D eigenvalue weighted by Gasteiger charge is 2.14. The standard InChI is InChI=1S/2C14H12O3.C7H6O3.C3H6O3/c2*1-17-11-7-8-12(13(15)9-11)14(16)10-5-3-2-4-6-10;8-4-5-3-6(9)1-2-7(5)10;1-2(4)3(5)6/h2*2-9,15H,1H3;1-4,9-10H;3,5-6H,1H3. The van der Waals surface area contributed by atoms with Gasteiger partial charge in [-0.05, 0) is 49.4 Å². The first-order valence-corrected chi connectivity index (χ1v) is 14.6. The van der Waals surface area contributed by atoms with E-state index in [-0.39, 0.29) is 51.3 Å². The number of ketones is 3. The van der Waals surface area contributed by atoms with Gasteiger partial charge < -0.3 is 40.1 Å². The number of carbonyl (C=O) groups excluding carboxylic acids is 4. The van der Waals surface area contributed by atoms with Crippen LogP contribution in [0.3, 0.4) is 0 Å². The number of carbonyl (C=O) groups is 4. The van der Waals surface area contributed by atoms with E-state index in [2.05, 4.69) is 0 Å². The van der Waals surface area contributed by atoms with Crippen LogP contribution in [0.5, 0.6) is 34.5 Å². The SMILES string of the molecule is CC(=O)C(O)O.COc1ccc(C(=O)c2ccccc2)c(O)c1.COc1ccc(C(=O)c2ccccc2)c(O)c1.O=Cc1cc(O)ccc1O. The van der Waals surface area contributed by atoms with E-state index in [1.165, 1.54) is 44.6 Å². The number of aldehydes is 1. The van der Waals surface area contributed by atoms with Crippen molar-refractivity contribution in [1.82, 2.24) is 0 Å². The number of hydrogen-bond acceptors (Lipinski definition) is 12. The van der Waals surface area contributed by atoms with Crippen molar-refractivity contribution in [1.29, 1.82) is 0 Å². The molecule has 0 heterocycles. The van der Waals surface area contributed by atoms with Crippen molar-refractivity contribution < 1.29 is 59.3 Å². The number of aromatic hydroxyl groups is 4. The molecule has 0 aromatic heterocycles. The fourth-order valence-corrected chi connectivity index (χ4v) is 3.79. The maximum atomic E-state index is 12.1. The van der Waals surface area contributed by atoms with Crippen LogP contribution in [0.1, 0.15) is 49.1 Å². The molecule has 0 spiro atoms. The van der Waals surface area contributed by atoms with E-state index in [0.29, 0.717) is 28.9 Å². The molecule has 0 atom stereocenters. The number of phenols is 4. The lowest BCUT2D eigenvalue weighted by molar-refractivity contribution is -0.142. The Balaban J connectivity index is 0.000000247. The number of methoxy groups -OCH3 is 2. The molecular formula is C38H36O12. The molecule has 12 heteroatoms. The first kappa shape index (κ1) is 39.7. The zero-order valence-electron chi connectivity index (χ0n) is 27.3. The van der Waals surface area contributed by atoms with Gasteiger partial charge in [-0.25, -0.2) is 0 Å². The highest BCUT2D eigenvalue weighted by atomic mass is 16.5. The molecule has 5 aromatic rings. The van der Waals surface area contributed by atoms with Crippen LogP contribution in [0.2, 0.25) is 0 Å². The number of aliphatic hydroxyl groups excluding tert-OH is 1. The zero-order chi connectivity index (χ0) is 37.2.